The third kappa shape index (κ3) is 4.69. The molecule has 0 aliphatic heterocycles. The van der Waals surface area contributed by atoms with E-state index >= 15 is 0 Å². The summed E-state index contributed by atoms with van der Waals surface area (Å²) in [6.07, 6.45) is 0. The standard InChI is InChI=1S/C16H14BrCl2NO4/c1-22-14-6-10(18)12(7-15(14)23-2)20-16(21)8-24-13-4-3-9(17)5-11(13)19/h3-7H,8H2,1-2H3,(H,20,21). The fourth-order valence-corrected chi connectivity index (χ4v) is 2.80. The van der Waals surface area contributed by atoms with Crippen molar-refractivity contribution in [3.05, 3.63) is 44.8 Å². The molecule has 0 fully saturated rings. The van der Waals surface area contributed by atoms with E-state index in [9.17, 15) is 4.79 Å². The molecule has 0 spiro atoms. The van der Waals surface area contributed by atoms with E-state index in [1.54, 1.807) is 30.3 Å². The first-order valence-electron chi connectivity index (χ1n) is 6.73. The Hall–Kier alpha value is -1.63. The van der Waals surface area contributed by atoms with Gasteiger partial charge in [0.25, 0.3) is 5.91 Å². The van der Waals surface area contributed by atoms with E-state index in [1.807, 2.05) is 0 Å². The summed E-state index contributed by atoms with van der Waals surface area (Å²) < 4.78 is 16.5. The monoisotopic (exact) mass is 433 g/mol. The highest BCUT2D eigenvalue weighted by atomic mass is 79.9. The van der Waals surface area contributed by atoms with Crippen LogP contribution in [0.5, 0.6) is 17.2 Å². The fourth-order valence-electron chi connectivity index (χ4n) is 1.87. The minimum absolute atomic E-state index is 0.216. The zero-order valence-corrected chi connectivity index (χ0v) is 16.0. The minimum atomic E-state index is -0.386. The van der Waals surface area contributed by atoms with Crippen LogP contribution in [-0.4, -0.2) is 26.7 Å². The molecule has 128 valence electrons. The molecule has 0 aliphatic rings. The third-order valence-electron chi connectivity index (χ3n) is 3.00. The van der Waals surface area contributed by atoms with Gasteiger partial charge in [-0.25, -0.2) is 0 Å². The Labute approximate surface area is 157 Å². The topological polar surface area (TPSA) is 56.8 Å². The molecular formula is C16H14BrCl2NO4. The first-order valence-corrected chi connectivity index (χ1v) is 8.28. The van der Waals surface area contributed by atoms with Crippen LogP contribution in [0.1, 0.15) is 0 Å². The number of hydrogen-bond donors (Lipinski definition) is 1. The highest BCUT2D eigenvalue weighted by Crippen LogP contribution is 2.36. The Morgan fingerprint density at radius 3 is 2.33 bits per heavy atom. The molecule has 2 aromatic rings. The van der Waals surface area contributed by atoms with Crippen LogP contribution in [0.25, 0.3) is 0 Å². The Morgan fingerprint density at radius 1 is 1.04 bits per heavy atom. The Balaban J connectivity index is 2.04. The molecule has 0 atom stereocenters. The number of nitrogens with one attached hydrogen (secondary N) is 1. The number of ether oxygens (including phenoxy) is 3. The van der Waals surface area contributed by atoms with Crippen molar-refractivity contribution < 1.29 is 19.0 Å². The van der Waals surface area contributed by atoms with Crippen molar-refractivity contribution in [3.8, 4) is 17.2 Å². The number of carbonyl (C=O) groups is 1. The smallest absolute Gasteiger partial charge is 0.262 e. The van der Waals surface area contributed by atoms with Gasteiger partial charge >= 0.3 is 0 Å². The number of methoxy groups -OCH3 is 2. The molecule has 1 amide bonds. The van der Waals surface area contributed by atoms with Gasteiger partial charge in [-0.3, -0.25) is 4.79 Å². The summed E-state index contributed by atoms with van der Waals surface area (Å²) >= 11 is 15.5. The van der Waals surface area contributed by atoms with Crippen molar-refractivity contribution in [2.75, 3.05) is 26.1 Å². The highest BCUT2D eigenvalue weighted by Gasteiger charge is 2.13. The van der Waals surface area contributed by atoms with Crippen LogP contribution in [0.4, 0.5) is 5.69 Å². The maximum atomic E-state index is 12.1. The van der Waals surface area contributed by atoms with E-state index in [4.69, 9.17) is 37.4 Å². The fraction of sp³-hybridized carbons (Fsp3) is 0.188. The highest BCUT2D eigenvalue weighted by molar-refractivity contribution is 9.10. The van der Waals surface area contributed by atoms with Crippen molar-refractivity contribution in [2.45, 2.75) is 0 Å². The second-order valence-corrected chi connectivity index (χ2v) is 6.33. The molecule has 2 rings (SSSR count). The minimum Gasteiger partial charge on any atom is -0.493 e. The van der Waals surface area contributed by atoms with E-state index in [2.05, 4.69) is 21.2 Å². The maximum Gasteiger partial charge on any atom is 0.262 e. The van der Waals surface area contributed by atoms with Gasteiger partial charge in [-0.05, 0) is 18.2 Å². The molecular weight excluding hydrogens is 421 g/mol. The Kier molecular flexibility index (Phi) is 6.60. The van der Waals surface area contributed by atoms with Gasteiger partial charge in [-0.15, -0.1) is 0 Å². The van der Waals surface area contributed by atoms with Crippen LogP contribution in [0.15, 0.2) is 34.8 Å². The summed E-state index contributed by atoms with van der Waals surface area (Å²) in [5.41, 5.74) is 0.393. The molecule has 0 unspecified atom stereocenters. The summed E-state index contributed by atoms with van der Waals surface area (Å²) in [7, 11) is 3.00. The molecule has 0 aromatic heterocycles. The van der Waals surface area contributed by atoms with Crippen LogP contribution < -0.4 is 19.5 Å². The molecule has 8 heteroatoms. The molecule has 0 bridgehead atoms. The number of amides is 1. The largest absolute Gasteiger partial charge is 0.493 e. The van der Waals surface area contributed by atoms with Crippen molar-refractivity contribution in [3.63, 3.8) is 0 Å². The van der Waals surface area contributed by atoms with Crippen LogP contribution in [0, 0.1) is 0 Å². The zero-order valence-electron chi connectivity index (χ0n) is 12.9. The molecule has 5 nitrogen and oxygen atoms in total. The Bertz CT molecular complexity index is 755. The lowest BCUT2D eigenvalue weighted by molar-refractivity contribution is -0.118. The molecule has 0 radical (unpaired) electrons. The van der Waals surface area contributed by atoms with Crippen molar-refractivity contribution in [1.29, 1.82) is 0 Å². The van der Waals surface area contributed by atoms with E-state index in [-0.39, 0.29) is 12.5 Å². The van der Waals surface area contributed by atoms with E-state index in [0.29, 0.717) is 33.0 Å². The molecule has 0 saturated heterocycles. The third-order valence-corrected chi connectivity index (χ3v) is 4.10. The average Bonchev–Trinajstić information content (AvgIpc) is 2.55. The van der Waals surface area contributed by atoms with Crippen LogP contribution in [0.3, 0.4) is 0 Å². The predicted molar refractivity (Wildman–Crippen MR) is 97.8 cm³/mol. The maximum absolute atomic E-state index is 12.1. The first-order chi connectivity index (χ1) is 11.4. The summed E-state index contributed by atoms with van der Waals surface area (Å²) in [6.45, 7) is -0.216. The number of carbonyl (C=O) groups excluding carboxylic acids is 1. The van der Waals surface area contributed by atoms with Crippen LogP contribution in [-0.2, 0) is 4.79 Å². The van der Waals surface area contributed by atoms with Crippen molar-refractivity contribution in [1.82, 2.24) is 0 Å². The lowest BCUT2D eigenvalue weighted by Crippen LogP contribution is -2.20. The number of anilines is 1. The van der Waals surface area contributed by atoms with Crippen LogP contribution in [0.2, 0.25) is 10.0 Å². The van der Waals surface area contributed by atoms with E-state index in [1.165, 1.54) is 14.2 Å². The van der Waals surface area contributed by atoms with Gasteiger partial charge in [-0.1, -0.05) is 39.1 Å². The summed E-state index contributed by atoms with van der Waals surface area (Å²) in [5, 5.41) is 3.38. The number of hydrogen-bond acceptors (Lipinski definition) is 4. The second kappa shape index (κ2) is 8.46. The number of benzene rings is 2. The summed E-state index contributed by atoms with van der Waals surface area (Å²) in [5.74, 6) is 0.948. The van der Waals surface area contributed by atoms with Crippen molar-refractivity contribution >= 4 is 50.7 Å². The molecule has 2 aromatic carbocycles. The van der Waals surface area contributed by atoms with Gasteiger partial charge in [-0.2, -0.15) is 0 Å². The summed E-state index contributed by atoms with van der Waals surface area (Å²) in [4.78, 5) is 12.1. The van der Waals surface area contributed by atoms with Crippen LogP contribution >= 0.6 is 39.1 Å². The van der Waals surface area contributed by atoms with Gasteiger partial charge in [0.15, 0.2) is 18.1 Å². The average molecular weight is 435 g/mol. The van der Waals surface area contributed by atoms with Gasteiger partial charge in [0, 0.05) is 16.6 Å². The molecule has 0 heterocycles. The lowest BCUT2D eigenvalue weighted by atomic mass is 10.2. The van der Waals surface area contributed by atoms with Crippen molar-refractivity contribution in [2.24, 2.45) is 0 Å². The SMILES string of the molecule is COc1cc(Cl)c(NC(=O)COc2ccc(Br)cc2Cl)cc1OC. The molecule has 0 saturated carbocycles. The van der Waals surface area contributed by atoms with Gasteiger partial charge in [0.2, 0.25) is 0 Å². The summed E-state index contributed by atoms with van der Waals surface area (Å²) in [6, 6.07) is 8.25. The van der Waals surface area contributed by atoms with E-state index < -0.39 is 0 Å². The Morgan fingerprint density at radius 2 is 1.71 bits per heavy atom. The molecule has 1 N–H and O–H groups in total. The molecule has 24 heavy (non-hydrogen) atoms. The number of halogens is 3. The molecule has 0 aliphatic carbocycles. The number of rotatable bonds is 6. The van der Waals surface area contributed by atoms with Gasteiger partial charge < -0.3 is 19.5 Å². The quantitative estimate of drug-likeness (QED) is 0.709. The first kappa shape index (κ1) is 18.7. The van der Waals surface area contributed by atoms with Gasteiger partial charge in [0.1, 0.15) is 5.75 Å². The van der Waals surface area contributed by atoms with Gasteiger partial charge in [0.05, 0.1) is 30.0 Å². The zero-order chi connectivity index (χ0) is 17.7. The van der Waals surface area contributed by atoms with E-state index in [0.717, 1.165) is 4.47 Å². The lowest BCUT2D eigenvalue weighted by Gasteiger charge is -2.13. The second-order valence-electron chi connectivity index (χ2n) is 4.60. The normalized spacial score (nSPS) is 10.2. The predicted octanol–water partition coefficient (Wildman–Crippen LogP) is 4.79.